The quantitative estimate of drug-likeness (QED) is 0.605. The van der Waals surface area contributed by atoms with Crippen molar-refractivity contribution in [2.75, 3.05) is 11.9 Å². The molecule has 2 heterocycles. The lowest BCUT2D eigenvalue weighted by molar-refractivity contribution is 0.0530. The third kappa shape index (κ3) is 3.31. The molecule has 0 aliphatic rings. The van der Waals surface area contributed by atoms with E-state index in [9.17, 15) is 9.59 Å². The summed E-state index contributed by atoms with van der Waals surface area (Å²) in [5.74, 6) is -0.662. The van der Waals surface area contributed by atoms with Crippen LogP contribution in [0.5, 0.6) is 0 Å². The van der Waals surface area contributed by atoms with E-state index in [1.165, 1.54) is 22.7 Å². The summed E-state index contributed by atoms with van der Waals surface area (Å²) in [5.41, 5.74) is 0.413. The molecule has 0 bridgehead atoms. The van der Waals surface area contributed by atoms with Crippen LogP contribution in [0.4, 0.5) is 5.00 Å². The van der Waals surface area contributed by atoms with E-state index in [4.69, 9.17) is 4.74 Å². The highest BCUT2D eigenvalue weighted by Crippen LogP contribution is 2.36. The molecule has 0 atom stereocenters. The van der Waals surface area contributed by atoms with Crippen LogP contribution in [0.1, 0.15) is 27.0 Å². The van der Waals surface area contributed by atoms with Crippen molar-refractivity contribution in [2.45, 2.75) is 6.92 Å². The predicted octanol–water partition coefficient (Wildman–Crippen LogP) is 5.15. The Bertz CT molecular complexity index is 884. The van der Waals surface area contributed by atoms with Crippen molar-refractivity contribution < 1.29 is 14.3 Å². The van der Waals surface area contributed by atoms with Gasteiger partial charge in [0.25, 0.3) is 5.91 Å². The molecule has 0 radical (unpaired) electrons. The second-order valence-corrected chi connectivity index (χ2v) is 8.10. The number of anilines is 1. The molecule has 1 amide bonds. The molecule has 0 fully saturated rings. The molecule has 1 aromatic carbocycles. The maximum atomic E-state index is 12.4. The second kappa shape index (κ2) is 6.82. The standard InChI is InChI=1S/C16H12BrNO3S2/c1-2-21-16(20)13-9-5-3-4-6-10(9)23-15(13)18-14(19)11-7-8-12(17)22-11/h3-8H,2H2,1H3,(H,18,19). The topological polar surface area (TPSA) is 55.4 Å². The summed E-state index contributed by atoms with van der Waals surface area (Å²) in [4.78, 5) is 25.2. The zero-order valence-electron chi connectivity index (χ0n) is 12.1. The second-order valence-electron chi connectivity index (χ2n) is 4.58. The Balaban J connectivity index is 2.00. The van der Waals surface area contributed by atoms with Gasteiger partial charge in [-0.2, -0.15) is 0 Å². The van der Waals surface area contributed by atoms with Crippen LogP contribution in [0, 0.1) is 0 Å². The maximum absolute atomic E-state index is 12.4. The molecule has 2 aromatic heterocycles. The Hall–Kier alpha value is -1.70. The molecule has 7 heteroatoms. The molecule has 0 spiro atoms. The highest BCUT2D eigenvalue weighted by molar-refractivity contribution is 9.11. The molecule has 0 unspecified atom stereocenters. The minimum Gasteiger partial charge on any atom is -0.462 e. The fourth-order valence-corrected chi connectivity index (χ4v) is 4.51. The van der Waals surface area contributed by atoms with Crippen molar-refractivity contribution in [2.24, 2.45) is 0 Å². The zero-order valence-corrected chi connectivity index (χ0v) is 15.3. The van der Waals surface area contributed by atoms with Crippen molar-refractivity contribution in [3.05, 3.63) is 50.6 Å². The van der Waals surface area contributed by atoms with Gasteiger partial charge in [0, 0.05) is 10.1 Å². The molecular formula is C16H12BrNO3S2. The summed E-state index contributed by atoms with van der Waals surface area (Å²) < 4.78 is 6.95. The van der Waals surface area contributed by atoms with Gasteiger partial charge < -0.3 is 10.1 Å². The summed E-state index contributed by atoms with van der Waals surface area (Å²) in [7, 11) is 0. The van der Waals surface area contributed by atoms with Crippen molar-refractivity contribution in [3.63, 3.8) is 0 Å². The van der Waals surface area contributed by atoms with Crippen LogP contribution in [-0.4, -0.2) is 18.5 Å². The first-order valence-electron chi connectivity index (χ1n) is 6.85. The number of thiophene rings is 2. The SMILES string of the molecule is CCOC(=O)c1c(NC(=O)c2ccc(Br)s2)sc2ccccc12. The molecular weight excluding hydrogens is 398 g/mol. The highest BCUT2D eigenvalue weighted by atomic mass is 79.9. The van der Waals surface area contributed by atoms with E-state index in [1.807, 2.05) is 30.3 Å². The van der Waals surface area contributed by atoms with Gasteiger partial charge in [0.05, 0.1) is 15.3 Å². The first-order valence-corrected chi connectivity index (χ1v) is 9.28. The molecule has 0 saturated heterocycles. The molecule has 1 N–H and O–H groups in total. The van der Waals surface area contributed by atoms with E-state index in [-0.39, 0.29) is 12.5 Å². The molecule has 0 saturated carbocycles. The summed E-state index contributed by atoms with van der Waals surface area (Å²) in [6.07, 6.45) is 0. The molecule has 23 heavy (non-hydrogen) atoms. The van der Waals surface area contributed by atoms with E-state index >= 15 is 0 Å². The van der Waals surface area contributed by atoms with Gasteiger partial charge in [-0.3, -0.25) is 4.79 Å². The Labute approximate surface area is 149 Å². The normalized spacial score (nSPS) is 10.7. The predicted molar refractivity (Wildman–Crippen MR) is 97.8 cm³/mol. The van der Waals surface area contributed by atoms with E-state index in [1.54, 1.807) is 13.0 Å². The Morgan fingerprint density at radius 3 is 2.65 bits per heavy atom. The summed E-state index contributed by atoms with van der Waals surface area (Å²) in [6.45, 7) is 2.04. The van der Waals surface area contributed by atoms with Crippen LogP contribution < -0.4 is 5.32 Å². The van der Waals surface area contributed by atoms with Crippen LogP contribution in [0.2, 0.25) is 0 Å². The van der Waals surface area contributed by atoms with Crippen molar-refractivity contribution in [1.29, 1.82) is 0 Å². The molecule has 4 nitrogen and oxygen atoms in total. The van der Waals surface area contributed by atoms with Crippen LogP contribution >= 0.6 is 38.6 Å². The van der Waals surface area contributed by atoms with Gasteiger partial charge in [0.15, 0.2) is 0 Å². The first-order chi connectivity index (χ1) is 11.1. The van der Waals surface area contributed by atoms with Crippen LogP contribution in [0.3, 0.4) is 0 Å². The average molecular weight is 410 g/mol. The van der Waals surface area contributed by atoms with E-state index in [0.717, 1.165) is 13.9 Å². The minimum absolute atomic E-state index is 0.238. The minimum atomic E-state index is -0.424. The lowest BCUT2D eigenvalue weighted by Gasteiger charge is -2.05. The fourth-order valence-electron chi connectivity index (χ4n) is 2.14. The lowest BCUT2D eigenvalue weighted by atomic mass is 10.1. The number of amides is 1. The number of hydrogen-bond donors (Lipinski definition) is 1. The van der Waals surface area contributed by atoms with Crippen molar-refractivity contribution in [1.82, 2.24) is 0 Å². The van der Waals surface area contributed by atoms with Gasteiger partial charge in [-0.25, -0.2) is 4.79 Å². The first kappa shape index (κ1) is 16.2. The monoisotopic (exact) mass is 409 g/mol. The third-order valence-corrected chi connectivity index (χ3v) is 5.81. The number of ether oxygens (including phenoxy) is 1. The van der Waals surface area contributed by atoms with Crippen LogP contribution in [0.25, 0.3) is 10.1 Å². The van der Waals surface area contributed by atoms with Crippen LogP contribution in [0.15, 0.2) is 40.2 Å². The maximum Gasteiger partial charge on any atom is 0.341 e. The van der Waals surface area contributed by atoms with E-state index in [0.29, 0.717) is 15.4 Å². The van der Waals surface area contributed by atoms with Crippen molar-refractivity contribution in [3.8, 4) is 0 Å². The number of halogens is 1. The number of carbonyl (C=O) groups is 2. The largest absolute Gasteiger partial charge is 0.462 e. The number of carbonyl (C=O) groups excluding carboxylic acids is 2. The molecule has 0 aliphatic heterocycles. The van der Waals surface area contributed by atoms with E-state index in [2.05, 4.69) is 21.2 Å². The molecule has 3 rings (SSSR count). The van der Waals surface area contributed by atoms with Crippen molar-refractivity contribution >= 4 is 65.6 Å². The summed E-state index contributed by atoms with van der Waals surface area (Å²) in [6, 6.07) is 11.1. The number of esters is 1. The van der Waals surface area contributed by atoms with Gasteiger partial charge in [-0.15, -0.1) is 22.7 Å². The number of nitrogens with one attached hydrogen (secondary N) is 1. The lowest BCUT2D eigenvalue weighted by Crippen LogP contribution is -2.13. The zero-order chi connectivity index (χ0) is 16.4. The molecule has 118 valence electrons. The summed E-state index contributed by atoms with van der Waals surface area (Å²) in [5, 5.41) is 4.14. The Morgan fingerprint density at radius 1 is 1.17 bits per heavy atom. The highest BCUT2D eigenvalue weighted by Gasteiger charge is 2.22. The summed E-state index contributed by atoms with van der Waals surface area (Å²) >= 11 is 6.05. The Kier molecular flexibility index (Phi) is 4.79. The van der Waals surface area contributed by atoms with Gasteiger partial charge in [-0.1, -0.05) is 18.2 Å². The van der Waals surface area contributed by atoms with Gasteiger partial charge in [-0.05, 0) is 41.1 Å². The molecule has 0 aliphatic carbocycles. The van der Waals surface area contributed by atoms with Gasteiger partial charge in [0.2, 0.25) is 0 Å². The number of rotatable bonds is 4. The fraction of sp³-hybridized carbons (Fsp3) is 0.125. The molecule has 3 aromatic rings. The smallest absolute Gasteiger partial charge is 0.341 e. The van der Waals surface area contributed by atoms with Crippen LogP contribution in [-0.2, 0) is 4.74 Å². The van der Waals surface area contributed by atoms with E-state index < -0.39 is 5.97 Å². The van der Waals surface area contributed by atoms with Gasteiger partial charge >= 0.3 is 5.97 Å². The number of benzene rings is 1. The number of hydrogen-bond acceptors (Lipinski definition) is 5. The third-order valence-electron chi connectivity index (χ3n) is 3.10. The Morgan fingerprint density at radius 2 is 1.96 bits per heavy atom. The average Bonchev–Trinajstić information content (AvgIpc) is 3.10. The number of fused-ring (bicyclic) bond motifs is 1. The van der Waals surface area contributed by atoms with Gasteiger partial charge in [0.1, 0.15) is 10.6 Å².